The topological polar surface area (TPSA) is 79.5 Å². The fourth-order valence-corrected chi connectivity index (χ4v) is 3.78. The zero-order valence-corrected chi connectivity index (χ0v) is 22.3. The van der Waals surface area contributed by atoms with E-state index < -0.39 is 5.91 Å². The van der Waals surface area contributed by atoms with Crippen LogP contribution in [0.4, 0.5) is 5.69 Å². The highest BCUT2D eigenvalue weighted by Crippen LogP contribution is 2.24. The molecule has 8 heteroatoms. The molecule has 0 aliphatic heterocycles. The van der Waals surface area contributed by atoms with E-state index >= 15 is 0 Å². The summed E-state index contributed by atoms with van der Waals surface area (Å²) in [6.07, 6.45) is 0.719. The Morgan fingerprint density at radius 3 is 2.40 bits per heavy atom. The average molecular weight is 555 g/mol. The van der Waals surface area contributed by atoms with Crippen molar-refractivity contribution in [1.82, 2.24) is 10.6 Å². The van der Waals surface area contributed by atoms with Gasteiger partial charge in [-0.3, -0.25) is 14.9 Å². The molecule has 0 aliphatic carbocycles. The lowest BCUT2D eigenvalue weighted by Gasteiger charge is -2.20. The quantitative estimate of drug-likeness (QED) is 0.326. The first-order chi connectivity index (χ1) is 16.6. The minimum absolute atomic E-state index is 0.110. The lowest BCUT2D eigenvalue weighted by molar-refractivity contribution is 0.0918. The van der Waals surface area contributed by atoms with Crippen molar-refractivity contribution in [2.45, 2.75) is 32.7 Å². The third-order valence-corrected chi connectivity index (χ3v) is 5.47. The highest BCUT2D eigenvalue weighted by atomic mass is 79.9. The van der Waals surface area contributed by atoms with Gasteiger partial charge in [0.1, 0.15) is 5.75 Å². The van der Waals surface area contributed by atoms with Crippen LogP contribution < -0.4 is 20.7 Å². The molecule has 35 heavy (non-hydrogen) atoms. The normalized spacial score (nSPS) is 10.9. The molecule has 0 aliphatic rings. The largest absolute Gasteiger partial charge is 0.492 e. The van der Waals surface area contributed by atoms with Crippen LogP contribution in [0.2, 0.25) is 0 Å². The molecule has 0 atom stereocenters. The number of hydrogen-bond acceptors (Lipinski definition) is 4. The third-order valence-electron chi connectivity index (χ3n) is 4.78. The highest BCUT2D eigenvalue weighted by Gasteiger charge is 2.17. The molecule has 0 unspecified atom stereocenters. The van der Waals surface area contributed by atoms with Gasteiger partial charge in [0, 0.05) is 27.7 Å². The molecular formula is C27H28BrN3O3S. The average Bonchev–Trinajstić information content (AvgIpc) is 2.79. The van der Waals surface area contributed by atoms with Crippen LogP contribution in [0.3, 0.4) is 0 Å². The zero-order chi connectivity index (χ0) is 25.4. The maximum atomic E-state index is 13.0. The van der Waals surface area contributed by atoms with Gasteiger partial charge in [-0.1, -0.05) is 52.3 Å². The number of halogens is 1. The van der Waals surface area contributed by atoms with Crippen molar-refractivity contribution in [3.8, 4) is 5.75 Å². The summed E-state index contributed by atoms with van der Waals surface area (Å²) in [7, 11) is 0. The second-order valence-corrected chi connectivity index (χ2v) is 10.2. The van der Waals surface area contributed by atoms with Crippen LogP contribution in [-0.4, -0.2) is 29.1 Å². The van der Waals surface area contributed by atoms with E-state index in [1.807, 2.05) is 57.2 Å². The Morgan fingerprint density at radius 2 is 1.69 bits per heavy atom. The lowest BCUT2D eigenvalue weighted by Crippen LogP contribution is -2.40. The minimum Gasteiger partial charge on any atom is -0.492 e. The van der Waals surface area contributed by atoms with Gasteiger partial charge in [-0.15, -0.1) is 0 Å². The van der Waals surface area contributed by atoms with Crippen LogP contribution in [0.15, 0.2) is 77.3 Å². The number of rotatable bonds is 7. The third kappa shape index (κ3) is 8.49. The summed E-state index contributed by atoms with van der Waals surface area (Å²) in [6, 6.07) is 22.2. The number of hydrogen-bond donors (Lipinski definition) is 3. The van der Waals surface area contributed by atoms with Crippen LogP contribution in [0.5, 0.6) is 5.75 Å². The minimum atomic E-state index is -0.403. The van der Waals surface area contributed by atoms with Gasteiger partial charge in [-0.05, 0) is 75.0 Å². The van der Waals surface area contributed by atoms with E-state index in [0.717, 1.165) is 16.5 Å². The standard InChI is InChI=1S/C27H28BrN3O3S/c1-27(2,3)31-24(32)19-10-7-11-21(16-19)29-26(35)30-25(33)22-17-20(28)12-13-23(22)34-15-14-18-8-5-4-6-9-18/h4-13,16-17H,14-15H2,1-3H3,(H,31,32)(H2,29,30,33,35). The van der Waals surface area contributed by atoms with E-state index in [-0.39, 0.29) is 16.6 Å². The zero-order valence-electron chi connectivity index (χ0n) is 19.9. The van der Waals surface area contributed by atoms with Crippen LogP contribution in [0.25, 0.3) is 0 Å². The molecule has 0 heterocycles. The summed E-state index contributed by atoms with van der Waals surface area (Å²) in [6.45, 7) is 6.18. The Morgan fingerprint density at radius 1 is 0.943 bits per heavy atom. The van der Waals surface area contributed by atoms with Gasteiger partial charge in [0.2, 0.25) is 0 Å². The number of thiocarbonyl (C=S) groups is 1. The van der Waals surface area contributed by atoms with Gasteiger partial charge in [-0.2, -0.15) is 0 Å². The Hall–Kier alpha value is -3.23. The lowest BCUT2D eigenvalue weighted by atomic mass is 10.1. The summed E-state index contributed by atoms with van der Waals surface area (Å²) in [5.74, 6) is -0.132. The predicted molar refractivity (Wildman–Crippen MR) is 147 cm³/mol. The Balaban J connectivity index is 1.63. The fraction of sp³-hybridized carbons (Fsp3) is 0.222. The Bertz CT molecular complexity index is 1210. The number of ether oxygens (including phenoxy) is 1. The first-order valence-electron chi connectivity index (χ1n) is 11.1. The van der Waals surface area contributed by atoms with E-state index in [4.69, 9.17) is 17.0 Å². The number of anilines is 1. The number of nitrogens with one attached hydrogen (secondary N) is 3. The Labute approximate surface area is 219 Å². The molecule has 0 saturated carbocycles. The molecule has 3 N–H and O–H groups in total. The molecule has 0 aromatic heterocycles. The van der Waals surface area contributed by atoms with Gasteiger partial charge >= 0.3 is 0 Å². The number of carbonyl (C=O) groups excluding carboxylic acids is 2. The summed E-state index contributed by atoms with van der Waals surface area (Å²) >= 11 is 8.75. The number of benzene rings is 3. The summed E-state index contributed by atoms with van der Waals surface area (Å²) in [4.78, 5) is 25.4. The van der Waals surface area contributed by atoms with E-state index in [1.165, 1.54) is 0 Å². The summed E-state index contributed by atoms with van der Waals surface area (Å²) < 4.78 is 6.65. The molecule has 3 aromatic carbocycles. The second kappa shape index (κ2) is 12.0. The van der Waals surface area contributed by atoms with Gasteiger partial charge in [0.05, 0.1) is 12.2 Å². The van der Waals surface area contributed by atoms with Crippen LogP contribution >= 0.6 is 28.1 Å². The molecule has 0 radical (unpaired) electrons. The van der Waals surface area contributed by atoms with Crippen molar-refractivity contribution >= 4 is 50.8 Å². The monoisotopic (exact) mass is 553 g/mol. The molecule has 0 saturated heterocycles. The van der Waals surface area contributed by atoms with Crippen molar-refractivity contribution in [1.29, 1.82) is 0 Å². The second-order valence-electron chi connectivity index (χ2n) is 8.92. The molecule has 2 amide bonds. The predicted octanol–water partition coefficient (Wildman–Crippen LogP) is 5.73. The highest BCUT2D eigenvalue weighted by molar-refractivity contribution is 9.10. The first-order valence-corrected chi connectivity index (χ1v) is 12.3. The summed E-state index contributed by atoms with van der Waals surface area (Å²) in [5, 5.41) is 8.68. The van der Waals surface area contributed by atoms with Crippen molar-refractivity contribution in [2.24, 2.45) is 0 Å². The molecule has 0 fully saturated rings. The van der Waals surface area contributed by atoms with Crippen molar-refractivity contribution in [3.05, 3.63) is 94.0 Å². The first kappa shape index (κ1) is 26.4. The van der Waals surface area contributed by atoms with Gasteiger partial charge < -0.3 is 15.4 Å². The van der Waals surface area contributed by atoms with Gasteiger partial charge in [-0.25, -0.2) is 0 Å². The maximum absolute atomic E-state index is 13.0. The smallest absolute Gasteiger partial charge is 0.261 e. The van der Waals surface area contributed by atoms with E-state index in [9.17, 15) is 9.59 Å². The molecule has 0 bridgehead atoms. The van der Waals surface area contributed by atoms with Crippen molar-refractivity contribution in [3.63, 3.8) is 0 Å². The van der Waals surface area contributed by atoms with E-state index in [0.29, 0.717) is 29.2 Å². The molecule has 3 aromatic rings. The molecule has 6 nitrogen and oxygen atoms in total. The van der Waals surface area contributed by atoms with Crippen LogP contribution in [-0.2, 0) is 6.42 Å². The summed E-state index contributed by atoms with van der Waals surface area (Å²) in [5.41, 5.74) is 2.23. The van der Waals surface area contributed by atoms with Crippen LogP contribution in [0.1, 0.15) is 47.1 Å². The van der Waals surface area contributed by atoms with E-state index in [2.05, 4.69) is 31.9 Å². The molecule has 182 valence electrons. The SMILES string of the molecule is CC(C)(C)NC(=O)c1cccc(NC(=S)NC(=O)c2cc(Br)ccc2OCCc2ccccc2)c1. The maximum Gasteiger partial charge on any atom is 0.261 e. The van der Waals surface area contributed by atoms with Crippen LogP contribution in [0, 0.1) is 0 Å². The van der Waals surface area contributed by atoms with Gasteiger partial charge in [0.15, 0.2) is 5.11 Å². The van der Waals surface area contributed by atoms with Crippen molar-refractivity contribution < 1.29 is 14.3 Å². The number of amides is 2. The fourth-order valence-electron chi connectivity index (χ4n) is 3.21. The van der Waals surface area contributed by atoms with Crippen molar-refractivity contribution in [2.75, 3.05) is 11.9 Å². The Kier molecular flexibility index (Phi) is 9.01. The molecular weight excluding hydrogens is 526 g/mol. The number of carbonyl (C=O) groups is 2. The molecule has 0 spiro atoms. The molecule has 3 rings (SSSR count). The van der Waals surface area contributed by atoms with E-state index in [1.54, 1.807) is 36.4 Å². The van der Waals surface area contributed by atoms with Gasteiger partial charge in [0.25, 0.3) is 11.8 Å².